The van der Waals surface area contributed by atoms with Crippen LogP contribution in [0, 0.1) is 0 Å². The summed E-state index contributed by atoms with van der Waals surface area (Å²) in [6.45, 7) is 2.88. The minimum atomic E-state index is -0.334. The lowest BCUT2D eigenvalue weighted by atomic mass is 10.2. The second-order valence-electron chi connectivity index (χ2n) is 4.13. The molecule has 6 heteroatoms. The van der Waals surface area contributed by atoms with Gasteiger partial charge in [0.2, 0.25) is 0 Å². The fourth-order valence-corrected chi connectivity index (χ4v) is 2.67. The van der Waals surface area contributed by atoms with Crippen LogP contribution in [-0.2, 0) is 11.3 Å². The lowest BCUT2D eigenvalue weighted by Crippen LogP contribution is -2.17. The zero-order chi connectivity index (χ0) is 13.4. The van der Waals surface area contributed by atoms with Gasteiger partial charge < -0.3 is 4.57 Å². The number of carbonyl (C=O) groups is 2. The minimum absolute atomic E-state index is 0.323. The van der Waals surface area contributed by atoms with Gasteiger partial charge in [-0.25, -0.2) is 4.98 Å². The number of imide groups is 1. The molecule has 0 unspecified atom stereocenters. The Labute approximate surface area is 113 Å². The maximum Gasteiger partial charge on any atom is 0.290 e. The molecule has 0 saturated carbocycles. The van der Waals surface area contributed by atoms with Crippen LogP contribution in [0.25, 0.3) is 17.1 Å². The topological polar surface area (TPSA) is 64.0 Å². The summed E-state index contributed by atoms with van der Waals surface area (Å²) >= 11 is 0.925. The van der Waals surface area contributed by atoms with E-state index in [1.807, 2.05) is 29.7 Å². The van der Waals surface area contributed by atoms with Gasteiger partial charge in [0, 0.05) is 6.54 Å². The molecule has 1 fully saturated rings. The van der Waals surface area contributed by atoms with Crippen molar-refractivity contribution in [2.75, 3.05) is 0 Å². The van der Waals surface area contributed by atoms with Gasteiger partial charge in [-0.3, -0.25) is 14.9 Å². The van der Waals surface area contributed by atoms with Crippen LogP contribution in [0.3, 0.4) is 0 Å². The molecule has 3 rings (SSSR count). The molecule has 19 heavy (non-hydrogen) atoms. The highest BCUT2D eigenvalue weighted by atomic mass is 32.2. The van der Waals surface area contributed by atoms with E-state index in [9.17, 15) is 9.59 Å². The Bertz CT molecular complexity index is 718. The molecule has 1 N–H and O–H groups in total. The van der Waals surface area contributed by atoms with E-state index in [0.717, 1.165) is 34.9 Å². The smallest absolute Gasteiger partial charge is 0.290 e. The summed E-state index contributed by atoms with van der Waals surface area (Å²) in [5.74, 6) is -0.334. The van der Waals surface area contributed by atoms with Crippen LogP contribution in [0.2, 0.25) is 0 Å². The number of carbonyl (C=O) groups excluding carboxylic acids is 2. The lowest BCUT2D eigenvalue weighted by molar-refractivity contribution is -0.115. The van der Waals surface area contributed by atoms with Crippen molar-refractivity contribution in [1.82, 2.24) is 14.9 Å². The van der Waals surface area contributed by atoms with E-state index in [0.29, 0.717) is 4.91 Å². The van der Waals surface area contributed by atoms with Gasteiger partial charge in [-0.1, -0.05) is 6.07 Å². The van der Waals surface area contributed by atoms with Crippen molar-refractivity contribution in [1.29, 1.82) is 0 Å². The zero-order valence-corrected chi connectivity index (χ0v) is 11.0. The van der Waals surface area contributed by atoms with Crippen molar-refractivity contribution < 1.29 is 9.59 Å². The number of hydrogen-bond donors (Lipinski definition) is 1. The number of amides is 2. The molecular formula is C13H11N3O2S. The Morgan fingerprint density at radius 3 is 2.95 bits per heavy atom. The van der Waals surface area contributed by atoms with Gasteiger partial charge in [0.25, 0.3) is 11.1 Å². The summed E-state index contributed by atoms with van der Waals surface area (Å²) in [6.07, 6.45) is 3.51. The predicted molar refractivity (Wildman–Crippen MR) is 74.5 cm³/mol. The molecule has 2 amide bonds. The first-order valence-electron chi connectivity index (χ1n) is 5.87. The third kappa shape index (κ3) is 2.15. The van der Waals surface area contributed by atoms with Crippen LogP contribution in [0.5, 0.6) is 0 Å². The highest BCUT2D eigenvalue weighted by Crippen LogP contribution is 2.26. The number of hydrogen-bond acceptors (Lipinski definition) is 4. The van der Waals surface area contributed by atoms with Crippen LogP contribution in [0.1, 0.15) is 12.5 Å². The van der Waals surface area contributed by atoms with Crippen molar-refractivity contribution in [3.05, 3.63) is 35.0 Å². The SMILES string of the molecule is CCn1cnc2ccc(C=C3SC(=O)NC3=O)cc21. The molecule has 0 spiro atoms. The van der Waals surface area contributed by atoms with Crippen molar-refractivity contribution in [2.24, 2.45) is 0 Å². The minimum Gasteiger partial charge on any atom is -0.331 e. The van der Waals surface area contributed by atoms with Gasteiger partial charge in [0.15, 0.2) is 0 Å². The first-order valence-corrected chi connectivity index (χ1v) is 6.69. The first-order chi connectivity index (χ1) is 9.17. The normalized spacial score (nSPS) is 17.4. The molecule has 0 radical (unpaired) electrons. The Balaban J connectivity index is 2.04. The number of nitrogens with one attached hydrogen (secondary N) is 1. The molecule has 1 aromatic heterocycles. The van der Waals surface area contributed by atoms with Gasteiger partial charge in [-0.15, -0.1) is 0 Å². The van der Waals surface area contributed by atoms with Crippen LogP contribution in [-0.4, -0.2) is 20.7 Å². The second-order valence-corrected chi connectivity index (χ2v) is 5.15. The quantitative estimate of drug-likeness (QED) is 0.853. The Hall–Kier alpha value is -2.08. The van der Waals surface area contributed by atoms with Crippen molar-refractivity contribution in [3.63, 3.8) is 0 Å². The van der Waals surface area contributed by atoms with E-state index >= 15 is 0 Å². The van der Waals surface area contributed by atoms with Gasteiger partial charge in [-0.2, -0.15) is 0 Å². The molecule has 0 bridgehead atoms. The number of aromatic nitrogens is 2. The molecule has 2 heterocycles. The molecule has 0 aliphatic carbocycles. The monoisotopic (exact) mass is 273 g/mol. The highest BCUT2D eigenvalue weighted by Gasteiger charge is 2.24. The van der Waals surface area contributed by atoms with E-state index in [1.54, 1.807) is 12.4 Å². The molecule has 5 nitrogen and oxygen atoms in total. The Morgan fingerprint density at radius 1 is 1.42 bits per heavy atom. The largest absolute Gasteiger partial charge is 0.331 e. The number of rotatable bonds is 2. The highest BCUT2D eigenvalue weighted by molar-refractivity contribution is 8.18. The lowest BCUT2D eigenvalue weighted by Gasteiger charge is -2.00. The Morgan fingerprint density at radius 2 is 2.26 bits per heavy atom. The summed E-state index contributed by atoms with van der Waals surface area (Å²) in [4.78, 5) is 27.3. The van der Waals surface area contributed by atoms with Gasteiger partial charge >= 0.3 is 0 Å². The fraction of sp³-hybridized carbons (Fsp3) is 0.154. The fourth-order valence-electron chi connectivity index (χ4n) is 1.99. The van der Waals surface area contributed by atoms with E-state index in [1.165, 1.54) is 0 Å². The van der Waals surface area contributed by atoms with E-state index in [-0.39, 0.29) is 11.1 Å². The summed E-state index contributed by atoms with van der Waals surface area (Å²) in [5.41, 5.74) is 2.82. The van der Waals surface area contributed by atoms with E-state index in [2.05, 4.69) is 10.3 Å². The average Bonchev–Trinajstić information content (AvgIpc) is 2.93. The zero-order valence-electron chi connectivity index (χ0n) is 10.2. The van der Waals surface area contributed by atoms with E-state index < -0.39 is 0 Å². The van der Waals surface area contributed by atoms with Crippen molar-refractivity contribution in [3.8, 4) is 0 Å². The number of nitrogens with zero attached hydrogens (tertiary/aromatic N) is 2. The number of aryl methyl sites for hydroxylation is 1. The van der Waals surface area contributed by atoms with Crippen molar-refractivity contribution >= 4 is 40.0 Å². The molecule has 0 atom stereocenters. The predicted octanol–water partition coefficient (Wildman–Crippen LogP) is 2.38. The molecule has 1 aromatic carbocycles. The molecule has 96 valence electrons. The number of fused-ring (bicyclic) bond motifs is 1. The van der Waals surface area contributed by atoms with Crippen LogP contribution in [0.4, 0.5) is 4.79 Å². The maximum absolute atomic E-state index is 11.5. The third-order valence-electron chi connectivity index (χ3n) is 2.93. The second kappa shape index (κ2) is 4.55. The van der Waals surface area contributed by atoms with Gasteiger partial charge in [0.1, 0.15) is 0 Å². The van der Waals surface area contributed by atoms with Crippen LogP contribution >= 0.6 is 11.8 Å². The molecule has 1 aliphatic rings. The van der Waals surface area contributed by atoms with Gasteiger partial charge in [0.05, 0.1) is 22.3 Å². The summed E-state index contributed by atoms with van der Waals surface area (Å²) < 4.78 is 2.03. The molecule has 1 saturated heterocycles. The van der Waals surface area contributed by atoms with Crippen LogP contribution in [0.15, 0.2) is 29.4 Å². The van der Waals surface area contributed by atoms with Crippen LogP contribution < -0.4 is 5.32 Å². The standard InChI is InChI=1S/C13H11N3O2S/c1-2-16-7-14-9-4-3-8(5-10(9)16)6-11-12(17)15-13(18)19-11/h3-7H,2H2,1H3,(H,15,17,18). The number of benzene rings is 1. The Kier molecular flexibility index (Phi) is 2.87. The molecule has 2 aromatic rings. The average molecular weight is 273 g/mol. The van der Waals surface area contributed by atoms with Crippen molar-refractivity contribution in [2.45, 2.75) is 13.5 Å². The number of thioether (sulfide) groups is 1. The number of imidazole rings is 1. The molecular weight excluding hydrogens is 262 g/mol. The molecule has 1 aliphatic heterocycles. The van der Waals surface area contributed by atoms with Gasteiger partial charge in [-0.05, 0) is 42.5 Å². The summed E-state index contributed by atoms with van der Waals surface area (Å²) in [5, 5.41) is 1.92. The summed E-state index contributed by atoms with van der Waals surface area (Å²) in [7, 11) is 0. The summed E-state index contributed by atoms with van der Waals surface area (Å²) in [6, 6.07) is 5.77. The maximum atomic E-state index is 11.5. The van der Waals surface area contributed by atoms with E-state index in [4.69, 9.17) is 0 Å². The first kappa shape index (κ1) is 12.0. The third-order valence-corrected chi connectivity index (χ3v) is 3.74.